The maximum Gasteiger partial charge on any atom is 0.129 e. The number of methoxy groups -OCH3 is 1. The topological polar surface area (TPSA) is 30.5 Å². The maximum atomic E-state index is 14.4. The normalized spacial score (nSPS) is 19.4. The van der Waals surface area contributed by atoms with E-state index in [0.29, 0.717) is 23.8 Å². The third-order valence-electron chi connectivity index (χ3n) is 4.14. The van der Waals surface area contributed by atoms with E-state index in [0.717, 1.165) is 25.8 Å². The summed E-state index contributed by atoms with van der Waals surface area (Å²) in [5, 5.41) is 3.85. The quantitative estimate of drug-likeness (QED) is 0.868. The fraction of sp³-hybridized carbons (Fsp3) is 0.625. The van der Waals surface area contributed by atoms with Crippen LogP contribution in [0.5, 0.6) is 0 Å². The minimum absolute atomic E-state index is 0.205. The first kappa shape index (κ1) is 16.7. The lowest BCUT2D eigenvalue weighted by Gasteiger charge is -2.43. The smallest absolute Gasteiger partial charge is 0.129 e. The molecule has 0 aromatic heterocycles. The van der Waals surface area contributed by atoms with Crippen molar-refractivity contribution in [1.29, 1.82) is 0 Å². The molecule has 1 N–H and O–H groups in total. The van der Waals surface area contributed by atoms with Crippen LogP contribution in [0.3, 0.4) is 0 Å². The number of hydrogen-bond acceptors (Lipinski definition) is 3. The Balaban J connectivity index is 2.36. The van der Waals surface area contributed by atoms with E-state index in [4.69, 9.17) is 21.1 Å². The van der Waals surface area contributed by atoms with Crippen LogP contribution in [-0.2, 0) is 9.47 Å². The Morgan fingerprint density at radius 2 is 2.14 bits per heavy atom. The molecule has 1 atom stereocenters. The van der Waals surface area contributed by atoms with Gasteiger partial charge in [-0.05, 0) is 25.1 Å². The van der Waals surface area contributed by atoms with Crippen LogP contribution in [0.1, 0.15) is 37.8 Å². The van der Waals surface area contributed by atoms with Gasteiger partial charge in [-0.25, -0.2) is 4.39 Å². The van der Waals surface area contributed by atoms with Gasteiger partial charge in [0.2, 0.25) is 0 Å². The summed E-state index contributed by atoms with van der Waals surface area (Å²) in [6.45, 7) is 4.16. The summed E-state index contributed by atoms with van der Waals surface area (Å²) < 4.78 is 25.7. The highest BCUT2D eigenvalue weighted by molar-refractivity contribution is 6.30. The summed E-state index contributed by atoms with van der Waals surface area (Å²) in [6, 6.07) is 4.63. The van der Waals surface area contributed by atoms with Crippen molar-refractivity contribution in [2.75, 3.05) is 26.9 Å². The molecule has 0 amide bonds. The van der Waals surface area contributed by atoms with Crippen molar-refractivity contribution in [2.24, 2.45) is 0 Å². The summed E-state index contributed by atoms with van der Waals surface area (Å²) in [4.78, 5) is 0. The Kier molecular flexibility index (Phi) is 5.99. The Morgan fingerprint density at radius 1 is 1.43 bits per heavy atom. The van der Waals surface area contributed by atoms with Crippen LogP contribution in [0.4, 0.5) is 4.39 Å². The highest BCUT2D eigenvalue weighted by Crippen LogP contribution is 2.38. The molecule has 0 saturated carbocycles. The second-order valence-electron chi connectivity index (χ2n) is 5.43. The molecule has 1 aromatic carbocycles. The summed E-state index contributed by atoms with van der Waals surface area (Å²) in [5.74, 6) is -0.293. The van der Waals surface area contributed by atoms with Gasteiger partial charge in [0.05, 0.1) is 11.6 Å². The number of nitrogens with one attached hydrogen (secondary N) is 1. The lowest BCUT2D eigenvalue weighted by Crippen LogP contribution is -2.49. The SMILES string of the molecule is CCCNC(c1ccc(Cl)cc1F)C1(OC)CCOCC1. The molecule has 1 aliphatic heterocycles. The van der Waals surface area contributed by atoms with Gasteiger partial charge in [0.25, 0.3) is 0 Å². The van der Waals surface area contributed by atoms with Gasteiger partial charge >= 0.3 is 0 Å². The van der Waals surface area contributed by atoms with Crippen molar-refractivity contribution in [3.63, 3.8) is 0 Å². The molecule has 3 nitrogen and oxygen atoms in total. The molecule has 118 valence electrons. The molecule has 2 rings (SSSR count). The van der Waals surface area contributed by atoms with Crippen LogP contribution in [0.25, 0.3) is 0 Å². The van der Waals surface area contributed by atoms with Crippen LogP contribution >= 0.6 is 11.6 Å². The van der Waals surface area contributed by atoms with E-state index in [1.54, 1.807) is 19.2 Å². The summed E-state index contributed by atoms with van der Waals surface area (Å²) in [6.07, 6.45) is 2.46. The molecule has 21 heavy (non-hydrogen) atoms. The zero-order valence-corrected chi connectivity index (χ0v) is 13.4. The van der Waals surface area contributed by atoms with Crippen LogP contribution in [0.2, 0.25) is 5.02 Å². The summed E-state index contributed by atoms with van der Waals surface area (Å²) >= 11 is 5.87. The molecule has 0 aliphatic carbocycles. The maximum absolute atomic E-state index is 14.4. The third kappa shape index (κ3) is 3.75. The van der Waals surface area contributed by atoms with E-state index in [1.807, 2.05) is 0 Å². The van der Waals surface area contributed by atoms with Crippen molar-refractivity contribution in [3.8, 4) is 0 Å². The predicted octanol–water partition coefficient (Wildman–Crippen LogP) is 3.72. The van der Waals surface area contributed by atoms with E-state index in [1.165, 1.54) is 6.07 Å². The average molecular weight is 316 g/mol. The molecular formula is C16H23ClFNO2. The molecule has 5 heteroatoms. The van der Waals surface area contributed by atoms with Crippen LogP contribution < -0.4 is 5.32 Å². The van der Waals surface area contributed by atoms with Gasteiger partial charge in [-0.1, -0.05) is 24.6 Å². The van der Waals surface area contributed by atoms with Crippen LogP contribution in [-0.4, -0.2) is 32.5 Å². The minimum Gasteiger partial charge on any atom is -0.381 e. The first-order valence-electron chi connectivity index (χ1n) is 7.44. The molecular weight excluding hydrogens is 293 g/mol. The van der Waals surface area contributed by atoms with Crippen LogP contribution in [0.15, 0.2) is 18.2 Å². The van der Waals surface area contributed by atoms with Gasteiger partial charge in [-0.3, -0.25) is 0 Å². The number of hydrogen-bond donors (Lipinski definition) is 1. The molecule has 1 aliphatic rings. The fourth-order valence-corrected chi connectivity index (χ4v) is 3.09. The molecule has 1 heterocycles. The number of benzene rings is 1. The summed E-state index contributed by atoms with van der Waals surface area (Å²) in [7, 11) is 1.69. The Labute approximate surface area is 130 Å². The second-order valence-corrected chi connectivity index (χ2v) is 5.87. The number of rotatable bonds is 6. The molecule has 0 spiro atoms. The van der Waals surface area contributed by atoms with Gasteiger partial charge in [-0.15, -0.1) is 0 Å². The molecule has 1 saturated heterocycles. The Morgan fingerprint density at radius 3 is 2.71 bits per heavy atom. The zero-order valence-electron chi connectivity index (χ0n) is 12.6. The van der Waals surface area contributed by atoms with Gasteiger partial charge < -0.3 is 14.8 Å². The van der Waals surface area contributed by atoms with Crippen molar-refractivity contribution >= 4 is 11.6 Å². The highest BCUT2D eigenvalue weighted by Gasteiger charge is 2.42. The van der Waals surface area contributed by atoms with Crippen LogP contribution in [0, 0.1) is 5.82 Å². The lowest BCUT2D eigenvalue weighted by atomic mass is 9.81. The summed E-state index contributed by atoms with van der Waals surface area (Å²) in [5.41, 5.74) is 0.166. The van der Waals surface area contributed by atoms with Gasteiger partial charge in [0, 0.05) is 43.8 Å². The van der Waals surface area contributed by atoms with Gasteiger partial charge in [-0.2, -0.15) is 0 Å². The number of ether oxygens (including phenoxy) is 2. The predicted molar refractivity (Wildman–Crippen MR) is 82.2 cm³/mol. The molecule has 0 radical (unpaired) electrons. The van der Waals surface area contributed by atoms with Crippen molar-refractivity contribution in [2.45, 2.75) is 37.8 Å². The molecule has 1 fully saturated rings. The number of halogens is 2. The molecule has 1 unspecified atom stereocenters. The van der Waals surface area contributed by atoms with E-state index >= 15 is 0 Å². The first-order chi connectivity index (χ1) is 10.1. The average Bonchev–Trinajstić information content (AvgIpc) is 2.50. The molecule has 1 aromatic rings. The zero-order chi connectivity index (χ0) is 15.3. The van der Waals surface area contributed by atoms with E-state index in [9.17, 15) is 4.39 Å². The lowest BCUT2D eigenvalue weighted by molar-refractivity contribution is -0.112. The van der Waals surface area contributed by atoms with Gasteiger partial charge in [0.1, 0.15) is 5.82 Å². The van der Waals surface area contributed by atoms with Crippen molar-refractivity contribution in [3.05, 3.63) is 34.6 Å². The first-order valence-corrected chi connectivity index (χ1v) is 7.82. The Bertz CT molecular complexity index is 464. The fourth-order valence-electron chi connectivity index (χ4n) is 2.93. The Hall–Kier alpha value is -0.680. The van der Waals surface area contributed by atoms with E-state index in [-0.39, 0.29) is 11.9 Å². The third-order valence-corrected chi connectivity index (χ3v) is 4.38. The standard InChI is InChI=1S/C16H23ClFNO2/c1-3-8-19-15(13-5-4-12(17)11-14(13)18)16(20-2)6-9-21-10-7-16/h4-5,11,15,19H,3,6-10H2,1-2H3. The second kappa shape index (κ2) is 7.54. The van der Waals surface area contributed by atoms with E-state index in [2.05, 4.69) is 12.2 Å². The largest absolute Gasteiger partial charge is 0.381 e. The van der Waals surface area contributed by atoms with Crippen molar-refractivity contribution < 1.29 is 13.9 Å². The van der Waals surface area contributed by atoms with Crippen molar-refractivity contribution in [1.82, 2.24) is 5.32 Å². The molecule has 0 bridgehead atoms. The van der Waals surface area contributed by atoms with E-state index < -0.39 is 5.60 Å². The highest BCUT2D eigenvalue weighted by atomic mass is 35.5. The monoisotopic (exact) mass is 315 g/mol. The van der Waals surface area contributed by atoms with Gasteiger partial charge in [0.15, 0.2) is 0 Å². The minimum atomic E-state index is -0.442.